The predicted octanol–water partition coefficient (Wildman–Crippen LogP) is 2.00. The van der Waals surface area contributed by atoms with Crippen LogP contribution in [0.5, 0.6) is 0 Å². The van der Waals surface area contributed by atoms with E-state index in [4.69, 9.17) is 10.5 Å². The minimum Gasteiger partial charge on any atom is -0.444 e. The standard InChI is InChI=1S/C16H34N4O2/c1-12-7-6-8-13(2)20(12)19-14(11-17)9-10-18-15(21)22-16(3,4)5/h12-14,19H,6-11,17H2,1-5H3,(H,18,21). The zero-order valence-corrected chi connectivity index (χ0v) is 14.8. The minimum atomic E-state index is -0.464. The number of alkyl carbamates (subject to hydrolysis) is 1. The van der Waals surface area contributed by atoms with Crippen molar-refractivity contribution in [1.29, 1.82) is 0 Å². The van der Waals surface area contributed by atoms with Crippen LogP contribution in [0.2, 0.25) is 0 Å². The van der Waals surface area contributed by atoms with Gasteiger partial charge in [0.25, 0.3) is 0 Å². The molecule has 130 valence electrons. The van der Waals surface area contributed by atoms with Crippen molar-refractivity contribution < 1.29 is 9.53 Å². The highest BCUT2D eigenvalue weighted by Crippen LogP contribution is 2.20. The lowest BCUT2D eigenvalue weighted by Gasteiger charge is -2.41. The van der Waals surface area contributed by atoms with Crippen LogP contribution in [0.1, 0.15) is 60.3 Å². The summed E-state index contributed by atoms with van der Waals surface area (Å²) in [6, 6.07) is 1.21. The van der Waals surface area contributed by atoms with E-state index in [2.05, 4.69) is 29.6 Å². The first-order valence-electron chi connectivity index (χ1n) is 8.44. The quantitative estimate of drug-likeness (QED) is 0.699. The van der Waals surface area contributed by atoms with Gasteiger partial charge in [-0.05, 0) is 53.9 Å². The zero-order valence-electron chi connectivity index (χ0n) is 14.8. The van der Waals surface area contributed by atoms with E-state index in [1.54, 1.807) is 0 Å². The summed E-state index contributed by atoms with van der Waals surface area (Å²) in [7, 11) is 0. The lowest BCUT2D eigenvalue weighted by atomic mass is 9.99. The van der Waals surface area contributed by atoms with Gasteiger partial charge in [0.15, 0.2) is 0 Å². The molecule has 1 aliphatic heterocycles. The maximum absolute atomic E-state index is 11.6. The van der Waals surface area contributed by atoms with E-state index < -0.39 is 5.60 Å². The number of piperidine rings is 1. The van der Waals surface area contributed by atoms with Gasteiger partial charge in [-0.25, -0.2) is 9.80 Å². The molecule has 22 heavy (non-hydrogen) atoms. The van der Waals surface area contributed by atoms with Gasteiger partial charge < -0.3 is 15.8 Å². The van der Waals surface area contributed by atoms with Crippen molar-refractivity contribution in [2.24, 2.45) is 5.73 Å². The number of nitrogens with zero attached hydrogens (tertiary/aromatic N) is 1. The molecule has 1 aliphatic rings. The third-order valence-electron chi connectivity index (χ3n) is 3.97. The second-order valence-corrected chi connectivity index (χ2v) is 7.32. The van der Waals surface area contributed by atoms with Crippen molar-refractivity contribution in [2.75, 3.05) is 13.1 Å². The maximum atomic E-state index is 11.6. The van der Waals surface area contributed by atoms with E-state index in [1.165, 1.54) is 19.3 Å². The molecule has 0 aliphatic carbocycles. The Balaban J connectivity index is 2.34. The highest BCUT2D eigenvalue weighted by atomic mass is 16.6. The average Bonchev–Trinajstić information content (AvgIpc) is 2.39. The topological polar surface area (TPSA) is 79.6 Å². The summed E-state index contributed by atoms with van der Waals surface area (Å²) < 4.78 is 5.23. The Hall–Kier alpha value is -0.850. The number of ether oxygens (including phenoxy) is 1. The monoisotopic (exact) mass is 314 g/mol. The van der Waals surface area contributed by atoms with Gasteiger partial charge >= 0.3 is 6.09 Å². The van der Waals surface area contributed by atoms with Crippen molar-refractivity contribution in [3.8, 4) is 0 Å². The van der Waals surface area contributed by atoms with Crippen LogP contribution in [0.25, 0.3) is 0 Å². The normalized spacial score (nSPS) is 24.8. The van der Waals surface area contributed by atoms with Crippen LogP contribution in [0.4, 0.5) is 4.79 Å². The van der Waals surface area contributed by atoms with Crippen LogP contribution in [0.15, 0.2) is 0 Å². The molecule has 0 radical (unpaired) electrons. The van der Waals surface area contributed by atoms with Crippen LogP contribution >= 0.6 is 0 Å². The Morgan fingerprint density at radius 2 is 1.91 bits per heavy atom. The fraction of sp³-hybridized carbons (Fsp3) is 0.938. The number of rotatable bonds is 6. The fourth-order valence-corrected chi connectivity index (χ4v) is 2.78. The number of nitrogens with one attached hydrogen (secondary N) is 2. The molecule has 0 saturated carbocycles. The lowest BCUT2D eigenvalue weighted by Crippen LogP contribution is -2.57. The number of nitrogens with two attached hydrogens (primary N) is 1. The van der Waals surface area contributed by atoms with Crippen LogP contribution in [-0.4, -0.2) is 47.9 Å². The number of hydrogen-bond donors (Lipinski definition) is 3. The van der Waals surface area contributed by atoms with Gasteiger partial charge in [-0.15, -0.1) is 0 Å². The van der Waals surface area contributed by atoms with Gasteiger partial charge in [-0.3, -0.25) is 5.43 Å². The molecule has 4 N–H and O–H groups in total. The summed E-state index contributed by atoms with van der Waals surface area (Å²) >= 11 is 0. The largest absolute Gasteiger partial charge is 0.444 e. The summed E-state index contributed by atoms with van der Waals surface area (Å²) in [5, 5.41) is 5.12. The lowest BCUT2D eigenvalue weighted by molar-refractivity contribution is 0.0286. The van der Waals surface area contributed by atoms with Crippen molar-refractivity contribution in [3.05, 3.63) is 0 Å². The molecule has 3 atom stereocenters. The van der Waals surface area contributed by atoms with Crippen molar-refractivity contribution in [3.63, 3.8) is 0 Å². The van der Waals surface area contributed by atoms with E-state index in [0.717, 1.165) is 6.42 Å². The summed E-state index contributed by atoms with van der Waals surface area (Å²) in [4.78, 5) is 11.6. The van der Waals surface area contributed by atoms with E-state index in [0.29, 0.717) is 25.2 Å². The molecule has 6 nitrogen and oxygen atoms in total. The average molecular weight is 314 g/mol. The first-order valence-corrected chi connectivity index (χ1v) is 8.44. The molecule has 0 aromatic heterocycles. The molecular weight excluding hydrogens is 280 g/mol. The van der Waals surface area contributed by atoms with Crippen molar-refractivity contribution >= 4 is 6.09 Å². The molecule has 6 heteroatoms. The van der Waals surface area contributed by atoms with Gasteiger partial charge in [0.1, 0.15) is 5.60 Å². The van der Waals surface area contributed by atoms with Crippen LogP contribution in [0.3, 0.4) is 0 Å². The zero-order chi connectivity index (χ0) is 16.8. The number of hydrazine groups is 1. The first-order chi connectivity index (χ1) is 10.2. The summed E-state index contributed by atoms with van der Waals surface area (Å²) in [6.45, 7) is 11.2. The van der Waals surface area contributed by atoms with E-state index >= 15 is 0 Å². The van der Waals surface area contributed by atoms with Crippen LogP contribution in [0, 0.1) is 0 Å². The molecule has 1 fully saturated rings. The minimum absolute atomic E-state index is 0.165. The number of amides is 1. The number of carbonyl (C=O) groups excluding carboxylic acids is 1. The summed E-state index contributed by atoms with van der Waals surface area (Å²) in [5.41, 5.74) is 8.95. The molecule has 0 bridgehead atoms. The van der Waals surface area contributed by atoms with E-state index in [1.807, 2.05) is 20.8 Å². The Bertz CT molecular complexity index is 334. The molecule has 1 amide bonds. The van der Waals surface area contributed by atoms with Crippen molar-refractivity contribution in [1.82, 2.24) is 15.8 Å². The number of hydrogen-bond acceptors (Lipinski definition) is 5. The first kappa shape index (κ1) is 19.2. The number of carbonyl (C=O) groups is 1. The molecule has 0 aromatic carbocycles. The van der Waals surface area contributed by atoms with Gasteiger partial charge in [0, 0.05) is 31.2 Å². The summed E-state index contributed by atoms with van der Waals surface area (Å²) in [5.74, 6) is 0. The third-order valence-corrected chi connectivity index (χ3v) is 3.97. The van der Waals surface area contributed by atoms with E-state index in [9.17, 15) is 4.79 Å². The third kappa shape index (κ3) is 6.94. The van der Waals surface area contributed by atoms with Crippen molar-refractivity contribution in [2.45, 2.75) is 84.0 Å². The summed E-state index contributed by atoms with van der Waals surface area (Å²) in [6.07, 6.45) is 4.12. The second kappa shape index (κ2) is 8.70. The molecule has 3 unspecified atom stereocenters. The highest BCUT2D eigenvalue weighted by Gasteiger charge is 2.26. The van der Waals surface area contributed by atoms with Gasteiger partial charge in [-0.1, -0.05) is 6.42 Å². The fourth-order valence-electron chi connectivity index (χ4n) is 2.78. The Labute approximate surface area is 135 Å². The van der Waals surface area contributed by atoms with Gasteiger partial charge in [-0.2, -0.15) is 0 Å². The van der Waals surface area contributed by atoms with E-state index in [-0.39, 0.29) is 12.1 Å². The second-order valence-electron chi connectivity index (χ2n) is 7.32. The Kier molecular flexibility index (Phi) is 7.59. The van der Waals surface area contributed by atoms with Gasteiger partial charge in [0.05, 0.1) is 0 Å². The Morgan fingerprint density at radius 3 is 2.41 bits per heavy atom. The molecule has 1 saturated heterocycles. The molecule has 1 heterocycles. The van der Waals surface area contributed by atoms with Crippen LogP contribution in [-0.2, 0) is 4.74 Å². The molecule has 1 rings (SSSR count). The van der Waals surface area contributed by atoms with Gasteiger partial charge in [0.2, 0.25) is 0 Å². The molecular formula is C16H34N4O2. The molecule has 0 aromatic rings. The SMILES string of the molecule is CC1CCCC(C)N1NC(CN)CCNC(=O)OC(C)(C)C. The molecule has 0 spiro atoms. The van der Waals surface area contributed by atoms with Crippen LogP contribution < -0.4 is 16.5 Å². The Morgan fingerprint density at radius 1 is 1.32 bits per heavy atom. The predicted molar refractivity (Wildman–Crippen MR) is 89.4 cm³/mol. The highest BCUT2D eigenvalue weighted by molar-refractivity contribution is 5.67. The maximum Gasteiger partial charge on any atom is 0.407 e. The smallest absolute Gasteiger partial charge is 0.407 e.